The Morgan fingerprint density at radius 2 is 1.64 bits per heavy atom. The SMILES string of the molecule is C[Si](C)(C)C=C=C(CCCCl)B1C2CCCC(CCC2)C1[Si](C)(C)C. The summed E-state index contributed by atoms with van der Waals surface area (Å²) >= 11 is 6.11. The third-order valence-corrected chi connectivity index (χ3v) is 10.5. The summed E-state index contributed by atoms with van der Waals surface area (Å²) < 4.78 is 0. The highest BCUT2D eigenvalue weighted by atomic mass is 35.5. The van der Waals surface area contributed by atoms with Crippen molar-refractivity contribution in [2.45, 2.75) is 102 Å². The third kappa shape index (κ3) is 6.16. The van der Waals surface area contributed by atoms with E-state index in [1.165, 1.54) is 44.9 Å². The van der Waals surface area contributed by atoms with Crippen LogP contribution in [0.4, 0.5) is 0 Å². The Morgan fingerprint density at radius 3 is 2.12 bits per heavy atom. The molecule has 0 aromatic rings. The largest absolute Gasteiger partial charge is 0.184 e. The van der Waals surface area contributed by atoms with Crippen molar-refractivity contribution in [2.24, 2.45) is 5.92 Å². The molecule has 2 aliphatic heterocycles. The van der Waals surface area contributed by atoms with Gasteiger partial charge in [0.2, 0.25) is 0 Å². The maximum atomic E-state index is 6.11. The Balaban J connectivity index is 2.50. The highest BCUT2D eigenvalue weighted by Gasteiger charge is 2.48. The predicted octanol–water partition coefficient (Wildman–Crippen LogP) is 7.60. The van der Waals surface area contributed by atoms with Crippen LogP contribution in [0.15, 0.2) is 16.9 Å². The molecule has 0 aromatic heterocycles. The van der Waals surface area contributed by atoms with Crippen LogP contribution in [0.3, 0.4) is 0 Å². The lowest BCUT2D eigenvalue weighted by molar-refractivity contribution is 0.411. The van der Waals surface area contributed by atoms with Gasteiger partial charge in [0.25, 0.3) is 0 Å². The summed E-state index contributed by atoms with van der Waals surface area (Å²) in [6.07, 6.45) is 11.1. The number of allylic oxidation sites excluding steroid dienone is 1. The van der Waals surface area contributed by atoms with Crippen molar-refractivity contribution >= 4 is 34.5 Å². The number of fused-ring (bicyclic) bond motifs is 3. The summed E-state index contributed by atoms with van der Waals surface area (Å²) in [7, 11) is -2.43. The molecule has 2 fully saturated rings. The fourth-order valence-electron chi connectivity index (χ4n) is 5.53. The van der Waals surface area contributed by atoms with E-state index in [0.29, 0.717) is 0 Å². The summed E-state index contributed by atoms with van der Waals surface area (Å²) in [5, 5.41) is 0. The average molecular weight is 395 g/mol. The van der Waals surface area contributed by atoms with Crippen LogP contribution < -0.4 is 0 Å². The zero-order valence-electron chi connectivity index (χ0n) is 17.6. The molecule has 4 heteroatoms. The molecule has 0 saturated carbocycles. The van der Waals surface area contributed by atoms with Gasteiger partial charge >= 0.3 is 0 Å². The standard InChI is InChI=1S/C21H40BClSi2/c1-24(2,3)17-15-20(14-9-16-23)22-19-12-7-10-18(11-8-13-19)21(22)25(4,5)6/h17-19,21H,7-14,16H2,1-6H3. The minimum atomic E-state index is -1.22. The van der Waals surface area contributed by atoms with Crippen LogP contribution in [-0.4, -0.2) is 28.7 Å². The number of rotatable bonds is 6. The van der Waals surface area contributed by atoms with Crippen LogP contribution in [-0.2, 0) is 0 Å². The molecule has 2 saturated heterocycles. The van der Waals surface area contributed by atoms with Gasteiger partial charge in [-0.1, -0.05) is 100 Å². The molecule has 0 nitrogen and oxygen atoms in total. The van der Waals surface area contributed by atoms with E-state index < -0.39 is 16.1 Å². The second-order valence-corrected chi connectivity index (χ2v) is 21.6. The number of hydrogen-bond donors (Lipinski definition) is 0. The summed E-state index contributed by atoms with van der Waals surface area (Å²) in [5.74, 6) is 2.68. The van der Waals surface area contributed by atoms with Gasteiger partial charge in [-0.15, -0.1) is 17.3 Å². The molecule has 2 rings (SSSR count). The van der Waals surface area contributed by atoms with Crippen molar-refractivity contribution in [3.8, 4) is 0 Å². The Morgan fingerprint density at radius 1 is 1.04 bits per heavy atom. The maximum Gasteiger partial charge on any atom is 0.184 e. The van der Waals surface area contributed by atoms with Gasteiger partial charge in [0.15, 0.2) is 6.71 Å². The van der Waals surface area contributed by atoms with Gasteiger partial charge in [0, 0.05) is 14.0 Å². The maximum absolute atomic E-state index is 6.11. The van der Waals surface area contributed by atoms with Gasteiger partial charge < -0.3 is 0 Å². The average Bonchev–Trinajstić information content (AvgIpc) is 2.74. The number of halogens is 1. The molecule has 0 N–H and O–H groups in total. The van der Waals surface area contributed by atoms with E-state index in [4.69, 9.17) is 11.6 Å². The highest BCUT2D eigenvalue weighted by Crippen LogP contribution is 2.52. The van der Waals surface area contributed by atoms with Crippen molar-refractivity contribution in [3.63, 3.8) is 0 Å². The van der Waals surface area contributed by atoms with E-state index in [0.717, 1.165) is 36.2 Å². The van der Waals surface area contributed by atoms with E-state index in [2.05, 4.69) is 50.7 Å². The quantitative estimate of drug-likeness (QED) is 0.247. The molecule has 0 aliphatic carbocycles. The zero-order chi connectivity index (χ0) is 18.7. The van der Waals surface area contributed by atoms with Crippen LogP contribution in [0.25, 0.3) is 0 Å². The molecule has 0 amide bonds. The summed E-state index contributed by atoms with van der Waals surface area (Å²) in [6, 6.07) is 0. The summed E-state index contributed by atoms with van der Waals surface area (Å²) in [4.78, 5) is 0. The first-order valence-corrected chi connectivity index (χ1v) is 18.3. The normalized spacial score (nSPS) is 27.5. The van der Waals surface area contributed by atoms with Gasteiger partial charge in [-0.05, 0) is 18.8 Å². The molecule has 0 aromatic carbocycles. The molecule has 0 spiro atoms. The van der Waals surface area contributed by atoms with E-state index in [1.807, 2.05) is 0 Å². The monoisotopic (exact) mass is 394 g/mol. The molecule has 0 radical (unpaired) electrons. The smallest absolute Gasteiger partial charge is 0.140 e. The molecular weight excluding hydrogens is 355 g/mol. The topological polar surface area (TPSA) is 0 Å². The Labute approximate surface area is 165 Å². The molecule has 1 unspecified atom stereocenters. The first-order valence-electron chi connectivity index (χ1n) is 10.7. The van der Waals surface area contributed by atoms with E-state index in [9.17, 15) is 0 Å². The van der Waals surface area contributed by atoms with Crippen molar-refractivity contribution in [3.05, 3.63) is 16.9 Å². The summed E-state index contributed by atoms with van der Waals surface area (Å²) in [5.41, 5.74) is 9.02. The summed E-state index contributed by atoms with van der Waals surface area (Å²) in [6.45, 7) is 16.0. The fourth-order valence-corrected chi connectivity index (χ4v) is 9.58. The van der Waals surface area contributed by atoms with Gasteiger partial charge in [0.05, 0.1) is 8.07 Å². The Bertz CT molecular complexity index is 487. The lowest BCUT2D eigenvalue weighted by atomic mass is 9.32. The third-order valence-electron chi connectivity index (χ3n) is 6.37. The molecule has 2 aliphatic rings. The van der Waals surface area contributed by atoms with Crippen LogP contribution in [0.1, 0.15) is 51.4 Å². The molecule has 1 atom stereocenters. The van der Waals surface area contributed by atoms with Gasteiger partial charge in [-0.25, -0.2) is 0 Å². The molecule has 142 valence electrons. The minimum Gasteiger partial charge on any atom is -0.140 e. The lowest BCUT2D eigenvalue weighted by Crippen LogP contribution is -2.44. The van der Waals surface area contributed by atoms with E-state index in [1.54, 1.807) is 5.47 Å². The van der Waals surface area contributed by atoms with Crippen LogP contribution in [0.5, 0.6) is 0 Å². The highest BCUT2D eigenvalue weighted by molar-refractivity contribution is 6.92. The van der Waals surface area contributed by atoms with E-state index in [-0.39, 0.29) is 0 Å². The number of hydrogen-bond acceptors (Lipinski definition) is 0. The first-order chi connectivity index (χ1) is 11.6. The van der Waals surface area contributed by atoms with Crippen LogP contribution in [0, 0.1) is 5.92 Å². The van der Waals surface area contributed by atoms with Gasteiger partial charge in [0.1, 0.15) is 0 Å². The predicted molar refractivity (Wildman–Crippen MR) is 123 cm³/mol. The van der Waals surface area contributed by atoms with Crippen LogP contribution >= 0.6 is 11.6 Å². The van der Waals surface area contributed by atoms with Crippen molar-refractivity contribution < 1.29 is 0 Å². The van der Waals surface area contributed by atoms with E-state index >= 15 is 0 Å². The Hall–Kier alpha value is 0.309. The van der Waals surface area contributed by atoms with Gasteiger partial charge in [-0.2, -0.15) is 0 Å². The fraction of sp³-hybridized carbons (Fsp3) is 0.857. The van der Waals surface area contributed by atoms with Crippen molar-refractivity contribution in [1.29, 1.82) is 0 Å². The van der Waals surface area contributed by atoms with Crippen molar-refractivity contribution in [2.75, 3.05) is 5.88 Å². The number of alkyl halides is 1. The van der Waals surface area contributed by atoms with Gasteiger partial charge in [-0.3, -0.25) is 0 Å². The molecular formula is C21H40BClSi2. The minimum absolute atomic E-state index is 0.788. The second kappa shape index (κ2) is 9.00. The Kier molecular flexibility index (Phi) is 7.78. The van der Waals surface area contributed by atoms with Crippen LogP contribution in [0.2, 0.25) is 50.5 Å². The lowest BCUT2D eigenvalue weighted by Gasteiger charge is -2.40. The molecule has 25 heavy (non-hydrogen) atoms. The second-order valence-electron chi connectivity index (χ2n) is 10.8. The first kappa shape index (κ1) is 21.6. The van der Waals surface area contributed by atoms with Crippen molar-refractivity contribution in [1.82, 2.24) is 0 Å². The molecule has 2 bridgehead atoms. The molecule has 2 heterocycles. The zero-order valence-corrected chi connectivity index (χ0v) is 20.4.